The van der Waals surface area contributed by atoms with Crippen LogP contribution in [-0.2, 0) is 0 Å². The van der Waals surface area contributed by atoms with Gasteiger partial charge in [-0.25, -0.2) is 0 Å². The lowest BCUT2D eigenvalue weighted by Gasteiger charge is -2.52. The van der Waals surface area contributed by atoms with Gasteiger partial charge in [0, 0.05) is 24.7 Å². The van der Waals surface area contributed by atoms with Gasteiger partial charge < -0.3 is 5.32 Å². The third kappa shape index (κ3) is 3.48. The van der Waals surface area contributed by atoms with Crippen LogP contribution in [0, 0.1) is 5.41 Å². The van der Waals surface area contributed by atoms with Gasteiger partial charge in [0.05, 0.1) is 0 Å². The first-order chi connectivity index (χ1) is 8.41. The van der Waals surface area contributed by atoms with Crippen molar-refractivity contribution in [2.45, 2.75) is 77.8 Å². The van der Waals surface area contributed by atoms with Crippen molar-refractivity contribution in [2.24, 2.45) is 5.41 Å². The minimum atomic E-state index is 0.462. The van der Waals surface area contributed by atoms with Crippen LogP contribution in [-0.4, -0.2) is 36.1 Å². The molecule has 0 amide bonds. The predicted octanol–water partition coefficient (Wildman–Crippen LogP) is 3.42. The fourth-order valence-electron chi connectivity index (χ4n) is 3.57. The van der Waals surface area contributed by atoms with Gasteiger partial charge >= 0.3 is 0 Å². The molecule has 1 unspecified atom stereocenters. The van der Waals surface area contributed by atoms with Crippen LogP contribution in [0.2, 0.25) is 0 Å². The first kappa shape index (κ1) is 14.3. The van der Waals surface area contributed by atoms with E-state index in [-0.39, 0.29) is 0 Å². The number of nitrogens with one attached hydrogen (secondary N) is 1. The molecular formula is C16H32N2. The van der Waals surface area contributed by atoms with Crippen LogP contribution >= 0.6 is 0 Å². The van der Waals surface area contributed by atoms with E-state index in [9.17, 15) is 0 Å². The quantitative estimate of drug-likeness (QED) is 0.810. The van der Waals surface area contributed by atoms with Crippen LogP contribution in [0.3, 0.4) is 0 Å². The average molecular weight is 252 g/mol. The SMILES string of the molecule is CC1CN(CCC(C)(C)C)C2(CCCCC2)CN1. The standard InChI is InChI=1S/C16H32N2/c1-14-12-18(11-10-15(2,3)4)16(13-17-14)8-6-5-7-9-16/h14,17H,5-13H2,1-4H3. The van der Waals surface area contributed by atoms with Crippen LogP contribution in [0.1, 0.15) is 66.2 Å². The summed E-state index contributed by atoms with van der Waals surface area (Å²) in [5, 5.41) is 3.73. The van der Waals surface area contributed by atoms with Gasteiger partial charge in [-0.2, -0.15) is 0 Å². The molecule has 2 nitrogen and oxygen atoms in total. The van der Waals surface area contributed by atoms with E-state index < -0.39 is 0 Å². The highest BCUT2D eigenvalue weighted by Crippen LogP contribution is 2.36. The third-order valence-corrected chi connectivity index (χ3v) is 4.86. The van der Waals surface area contributed by atoms with Gasteiger partial charge in [-0.05, 0) is 38.1 Å². The summed E-state index contributed by atoms with van der Waals surface area (Å²) < 4.78 is 0. The minimum absolute atomic E-state index is 0.462. The Balaban J connectivity index is 2.01. The molecule has 1 saturated heterocycles. The highest BCUT2D eigenvalue weighted by molar-refractivity contribution is 4.99. The second-order valence-electron chi connectivity index (χ2n) is 7.82. The normalized spacial score (nSPS) is 29.7. The van der Waals surface area contributed by atoms with Gasteiger partial charge in [-0.1, -0.05) is 40.0 Å². The molecule has 0 aromatic heterocycles. The Hall–Kier alpha value is -0.0800. The van der Waals surface area contributed by atoms with Crippen molar-refractivity contribution >= 4 is 0 Å². The lowest BCUT2D eigenvalue weighted by atomic mass is 9.78. The van der Waals surface area contributed by atoms with Crippen molar-refractivity contribution in [3.05, 3.63) is 0 Å². The molecule has 0 aromatic rings. The molecule has 1 saturated carbocycles. The van der Waals surface area contributed by atoms with Gasteiger partial charge in [-0.15, -0.1) is 0 Å². The molecule has 1 aliphatic heterocycles. The molecule has 0 radical (unpaired) electrons. The Morgan fingerprint density at radius 3 is 2.44 bits per heavy atom. The number of hydrogen-bond acceptors (Lipinski definition) is 2. The second kappa shape index (κ2) is 5.50. The number of rotatable bonds is 2. The van der Waals surface area contributed by atoms with Crippen molar-refractivity contribution in [2.75, 3.05) is 19.6 Å². The van der Waals surface area contributed by atoms with Crippen molar-refractivity contribution in [3.8, 4) is 0 Å². The van der Waals surface area contributed by atoms with Gasteiger partial charge in [0.1, 0.15) is 0 Å². The molecule has 0 aromatic carbocycles. The maximum atomic E-state index is 3.73. The monoisotopic (exact) mass is 252 g/mol. The minimum Gasteiger partial charge on any atom is -0.311 e. The molecule has 2 heteroatoms. The molecular weight excluding hydrogens is 220 g/mol. The molecule has 1 aliphatic carbocycles. The van der Waals surface area contributed by atoms with E-state index in [0.717, 1.165) is 0 Å². The lowest BCUT2D eigenvalue weighted by molar-refractivity contribution is 0.00597. The Morgan fingerprint density at radius 2 is 1.83 bits per heavy atom. The summed E-state index contributed by atoms with van der Waals surface area (Å²) in [6.45, 7) is 13.2. The molecule has 2 aliphatic rings. The molecule has 1 N–H and O–H groups in total. The van der Waals surface area contributed by atoms with Crippen LogP contribution in [0.4, 0.5) is 0 Å². The molecule has 1 spiro atoms. The second-order valence-corrected chi connectivity index (χ2v) is 7.82. The Labute approximate surface area is 114 Å². The molecule has 18 heavy (non-hydrogen) atoms. The fraction of sp³-hybridized carbons (Fsp3) is 1.00. The zero-order chi connectivity index (χ0) is 13.2. The summed E-state index contributed by atoms with van der Waals surface area (Å²) in [5.41, 5.74) is 0.958. The maximum absolute atomic E-state index is 3.73. The largest absolute Gasteiger partial charge is 0.311 e. The summed E-state index contributed by atoms with van der Waals surface area (Å²) in [6, 6.07) is 0.664. The smallest absolute Gasteiger partial charge is 0.0334 e. The van der Waals surface area contributed by atoms with Gasteiger partial charge in [-0.3, -0.25) is 4.90 Å². The lowest BCUT2D eigenvalue weighted by Crippen LogP contribution is -2.64. The first-order valence-electron chi connectivity index (χ1n) is 7.90. The molecule has 1 heterocycles. The Morgan fingerprint density at radius 1 is 1.17 bits per heavy atom. The summed E-state index contributed by atoms with van der Waals surface area (Å²) in [6.07, 6.45) is 8.46. The van der Waals surface area contributed by atoms with E-state index in [1.54, 1.807) is 0 Å². The van der Waals surface area contributed by atoms with Crippen molar-refractivity contribution in [1.82, 2.24) is 10.2 Å². The number of hydrogen-bond donors (Lipinski definition) is 1. The first-order valence-corrected chi connectivity index (χ1v) is 7.90. The van der Waals surface area contributed by atoms with Crippen molar-refractivity contribution < 1.29 is 0 Å². The summed E-state index contributed by atoms with van der Waals surface area (Å²) in [4.78, 5) is 2.83. The highest BCUT2D eigenvalue weighted by Gasteiger charge is 2.41. The van der Waals surface area contributed by atoms with Gasteiger partial charge in [0.15, 0.2) is 0 Å². The average Bonchev–Trinajstić information content (AvgIpc) is 2.31. The molecule has 1 atom stereocenters. The van der Waals surface area contributed by atoms with E-state index in [4.69, 9.17) is 0 Å². The van der Waals surface area contributed by atoms with Gasteiger partial charge in [0.25, 0.3) is 0 Å². The van der Waals surface area contributed by atoms with Crippen molar-refractivity contribution in [3.63, 3.8) is 0 Å². The van der Waals surface area contributed by atoms with Crippen LogP contribution < -0.4 is 5.32 Å². The van der Waals surface area contributed by atoms with Crippen LogP contribution in [0.15, 0.2) is 0 Å². The van der Waals surface area contributed by atoms with Crippen molar-refractivity contribution in [1.29, 1.82) is 0 Å². The van der Waals surface area contributed by atoms with E-state index in [2.05, 4.69) is 37.9 Å². The molecule has 2 fully saturated rings. The molecule has 2 rings (SSSR count). The number of piperazine rings is 1. The van der Waals surface area contributed by atoms with Gasteiger partial charge in [0.2, 0.25) is 0 Å². The van der Waals surface area contributed by atoms with E-state index in [0.29, 0.717) is 17.0 Å². The Kier molecular flexibility index (Phi) is 4.38. The van der Waals surface area contributed by atoms with E-state index in [1.165, 1.54) is 58.2 Å². The zero-order valence-corrected chi connectivity index (χ0v) is 12.9. The summed E-state index contributed by atoms with van der Waals surface area (Å²) >= 11 is 0. The Bertz CT molecular complexity index is 261. The topological polar surface area (TPSA) is 15.3 Å². The maximum Gasteiger partial charge on any atom is 0.0334 e. The highest BCUT2D eigenvalue weighted by atomic mass is 15.3. The molecule has 0 bridgehead atoms. The van der Waals surface area contributed by atoms with Crippen LogP contribution in [0.5, 0.6) is 0 Å². The fourth-order valence-corrected chi connectivity index (χ4v) is 3.57. The van der Waals surface area contributed by atoms with E-state index >= 15 is 0 Å². The molecule has 106 valence electrons. The number of nitrogens with zero attached hydrogens (tertiary/aromatic N) is 1. The summed E-state index contributed by atoms with van der Waals surface area (Å²) in [5.74, 6) is 0. The van der Waals surface area contributed by atoms with E-state index in [1.807, 2.05) is 0 Å². The summed E-state index contributed by atoms with van der Waals surface area (Å²) in [7, 11) is 0. The van der Waals surface area contributed by atoms with Crippen LogP contribution in [0.25, 0.3) is 0 Å². The third-order valence-electron chi connectivity index (χ3n) is 4.86. The predicted molar refractivity (Wildman–Crippen MR) is 78.9 cm³/mol. The zero-order valence-electron chi connectivity index (χ0n) is 12.9.